The first-order chi connectivity index (χ1) is 10.1. The molecule has 1 aromatic heterocycles. The molecular formula is C15H16FN3O2. The first-order valence-electron chi connectivity index (χ1n) is 6.78. The predicted molar refractivity (Wildman–Crippen MR) is 76.9 cm³/mol. The number of H-pyrrole nitrogens is 1. The van der Waals surface area contributed by atoms with Crippen LogP contribution in [0.3, 0.4) is 0 Å². The van der Waals surface area contributed by atoms with E-state index in [4.69, 9.17) is 0 Å². The lowest BCUT2D eigenvalue weighted by molar-refractivity contribution is 0.0600. The van der Waals surface area contributed by atoms with Gasteiger partial charge in [0, 0.05) is 24.7 Å². The summed E-state index contributed by atoms with van der Waals surface area (Å²) in [6, 6.07) is 4.34. The third kappa shape index (κ3) is 2.26. The highest BCUT2D eigenvalue weighted by molar-refractivity contribution is 5.90. The number of halogens is 1. The zero-order valence-corrected chi connectivity index (χ0v) is 11.9. The number of hydrogen-bond acceptors (Lipinski definition) is 4. The third-order valence-electron chi connectivity index (χ3n) is 3.79. The third-order valence-corrected chi connectivity index (χ3v) is 3.79. The summed E-state index contributed by atoms with van der Waals surface area (Å²) < 4.78 is 18.9. The average Bonchev–Trinajstić information content (AvgIpc) is 2.91. The van der Waals surface area contributed by atoms with Gasteiger partial charge in [-0.25, -0.2) is 9.18 Å². The Kier molecular flexibility index (Phi) is 3.37. The van der Waals surface area contributed by atoms with Crippen molar-refractivity contribution in [2.45, 2.75) is 12.8 Å². The molecule has 1 aliphatic rings. The minimum absolute atomic E-state index is 0.198. The largest absolute Gasteiger partial charge is 0.465 e. The molecule has 0 unspecified atom stereocenters. The summed E-state index contributed by atoms with van der Waals surface area (Å²) in [5, 5.41) is 7.19. The van der Waals surface area contributed by atoms with Gasteiger partial charge in [0.1, 0.15) is 5.82 Å². The van der Waals surface area contributed by atoms with Crippen LogP contribution in [-0.4, -0.2) is 36.9 Å². The smallest absolute Gasteiger partial charge is 0.337 e. The van der Waals surface area contributed by atoms with E-state index in [1.807, 2.05) is 7.05 Å². The van der Waals surface area contributed by atoms with E-state index in [9.17, 15) is 9.18 Å². The maximum absolute atomic E-state index is 14.3. The molecule has 0 saturated heterocycles. The minimum atomic E-state index is -0.549. The summed E-state index contributed by atoms with van der Waals surface area (Å²) in [4.78, 5) is 13.5. The second kappa shape index (κ2) is 5.20. The molecule has 0 fully saturated rings. The number of nitrogens with one attached hydrogen (secondary N) is 1. The van der Waals surface area contributed by atoms with Crippen molar-refractivity contribution in [3.05, 3.63) is 35.1 Å². The highest BCUT2D eigenvalue weighted by Crippen LogP contribution is 2.33. The van der Waals surface area contributed by atoms with Crippen molar-refractivity contribution in [2.24, 2.45) is 0 Å². The molecule has 21 heavy (non-hydrogen) atoms. The van der Waals surface area contributed by atoms with Crippen molar-refractivity contribution >= 4 is 11.8 Å². The standard InChI is InChI=1S/C15H16FN3O2/c1-19-7-3-4-11-13(17-18-14(11)19)10-6-5-9(8-12(10)16)15(20)21-2/h5-6,8H,3-4,7H2,1-2H3,(H,17,18). The van der Waals surface area contributed by atoms with Gasteiger partial charge in [0.25, 0.3) is 0 Å². The summed E-state index contributed by atoms with van der Waals surface area (Å²) >= 11 is 0. The van der Waals surface area contributed by atoms with Gasteiger partial charge < -0.3 is 9.64 Å². The predicted octanol–water partition coefficient (Wildman–Crippen LogP) is 2.38. The number of anilines is 1. The first-order valence-corrected chi connectivity index (χ1v) is 6.78. The highest BCUT2D eigenvalue weighted by atomic mass is 19.1. The van der Waals surface area contributed by atoms with Crippen LogP contribution in [0.2, 0.25) is 0 Å². The highest BCUT2D eigenvalue weighted by Gasteiger charge is 2.23. The van der Waals surface area contributed by atoms with E-state index in [1.165, 1.54) is 13.2 Å². The lowest BCUT2D eigenvalue weighted by Gasteiger charge is -2.23. The molecule has 2 heterocycles. The number of hydrogen-bond donors (Lipinski definition) is 1. The molecule has 0 radical (unpaired) electrons. The lowest BCUT2D eigenvalue weighted by Crippen LogP contribution is -2.24. The summed E-state index contributed by atoms with van der Waals surface area (Å²) in [5.74, 6) is -0.142. The molecule has 0 atom stereocenters. The van der Waals surface area contributed by atoms with Gasteiger partial charge in [0.05, 0.1) is 18.4 Å². The molecular weight excluding hydrogens is 273 g/mol. The topological polar surface area (TPSA) is 58.2 Å². The molecule has 6 heteroatoms. The number of fused-ring (bicyclic) bond motifs is 1. The van der Waals surface area contributed by atoms with Crippen molar-refractivity contribution in [3.63, 3.8) is 0 Å². The van der Waals surface area contributed by atoms with Crippen LogP contribution in [0.4, 0.5) is 10.2 Å². The number of rotatable bonds is 2. The van der Waals surface area contributed by atoms with Gasteiger partial charge in [-0.05, 0) is 31.0 Å². The Bertz CT molecular complexity index is 696. The van der Waals surface area contributed by atoms with E-state index in [0.29, 0.717) is 11.3 Å². The van der Waals surface area contributed by atoms with Crippen LogP contribution in [0.5, 0.6) is 0 Å². The van der Waals surface area contributed by atoms with Crippen LogP contribution >= 0.6 is 0 Å². The monoisotopic (exact) mass is 289 g/mol. The van der Waals surface area contributed by atoms with Crippen LogP contribution in [0.15, 0.2) is 18.2 Å². The number of methoxy groups -OCH3 is 1. The maximum atomic E-state index is 14.3. The summed E-state index contributed by atoms with van der Waals surface area (Å²) in [5.41, 5.74) is 2.33. The quantitative estimate of drug-likeness (QED) is 0.862. The van der Waals surface area contributed by atoms with Crippen molar-refractivity contribution < 1.29 is 13.9 Å². The van der Waals surface area contributed by atoms with E-state index in [2.05, 4.69) is 19.8 Å². The average molecular weight is 289 g/mol. The number of aromatic amines is 1. The molecule has 0 aliphatic carbocycles. The van der Waals surface area contributed by atoms with Gasteiger partial charge in [0.15, 0.2) is 5.82 Å². The van der Waals surface area contributed by atoms with Gasteiger partial charge in [-0.1, -0.05) is 0 Å². The van der Waals surface area contributed by atoms with Crippen molar-refractivity contribution in [1.82, 2.24) is 10.2 Å². The zero-order valence-electron chi connectivity index (χ0n) is 11.9. The second-order valence-corrected chi connectivity index (χ2v) is 5.11. The summed E-state index contributed by atoms with van der Waals surface area (Å²) in [7, 11) is 3.24. The van der Waals surface area contributed by atoms with Crippen LogP contribution in [0, 0.1) is 5.82 Å². The SMILES string of the molecule is COC(=O)c1ccc(-c2[nH]nc3c2CCCN3C)c(F)c1. The molecule has 0 spiro atoms. The molecule has 5 nitrogen and oxygen atoms in total. The van der Waals surface area contributed by atoms with Gasteiger partial charge in [-0.2, -0.15) is 5.10 Å². The Morgan fingerprint density at radius 3 is 3.00 bits per heavy atom. The van der Waals surface area contributed by atoms with Crippen LogP contribution < -0.4 is 4.90 Å². The van der Waals surface area contributed by atoms with Gasteiger partial charge in [-0.15, -0.1) is 0 Å². The zero-order chi connectivity index (χ0) is 15.0. The van der Waals surface area contributed by atoms with Crippen LogP contribution in [0.25, 0.3) is 11.3 Å². The fourth-order valence-corrected chi connectivity index (χ4v) is 2.69. The fourth-order valence-electron chi connectivity index (χ4n) is 2.69. The van der Waals surface area contributed by atoms with Crippen molar-refractivity contribution in [3.8, 4) is 11.3 Å². The maximum Gasteiger partial charge on any atom is 0.337 e. The number of nitrogens with zero attached hydrogens (tertiary/aromatic N) is 2. The molecule has 3 rings (SSSR count). The molecule has 1 aliphatic heterocycles. The number of benzene rings is 1. The molecule has 0 bridgehead atoms. The Labute approximate surface area is 121 Å². The minimum Gasteiger partial charge on any atom is -0.465 e. The number of carbonyl (C=O) groups excluding carboxylic acids is 1. The number of ether oxygens (including phenoxy) is 1. The van der Waals surface area contributed by atoms with Gasteiger partial charge in [0.2, 0.25) is 0 Å². The Hall–Kier alpha value is -2.37. The molecule has 110 valence electrons. The Balaban J connectivity index is 2.04. The van der Waals surface area contributed by atoms with E-state index in [1.54, 1.807) is 12.1 Å². The summed E-state index contributed by atoms with van der Waals surface area (Å²) in [6.45, 7) is 0.945. The first kappa shape index (κ1) is 13.6. The van der Waals surface area contributed by atoms with Crippen LogP contribution in [0.1, 0.15) is 22.3 Å². The molecule has 2 aromatic rings. The van der Waals surface area contributed by atoms with E-state index < -0.39 is 11.8 Å². The van der Waals surface area contributed by atoms with Gasteiger partial charge >= 0.3 is 5.97 Å². The normalized spacial score (nSPS) is 14.0. The Morgan fingerprint density at radius 2 is 2.29 bits per heavy atom. The molecule has 0 saturated carbocycles. The van der Waals surface area contributed by atoms with Crippen molar-refractivity contribution in [2.75, 3.05) is 25.6 Å². The van der Waals surface area contributed by atoms with Crippen molar-refractivity contribution in [1.29, 1.82) is 0 Å². The number of carbonyl (C=O) groups is 1. The molecule has 1 N–H and O–H groups in total. The second-order valence-electron chi connectivity index (χ2n) is 5.11. The van der Waals surface area contributed by atoms with Crippen LogP contribution in [-0.2, 0) is 11.2 Å². The lowest BCUT2D eigenvalue weighted by atomic mass is 9.99. The summed E-state index contributed by atoms with van der Waals surface area (Å²) in [6.07, 6.45) is 1.88. The fraction of sp³-hybridized carbons (Fsp3) is 0.333. The molecule has 0 amide bonds. The van der Waals surface area contributed by atoms with E-state index in [0.717, 1.165) is 30.8 Å². The number of aromatic nitrogens is 2. The van der Waals surface area contributed by atoms with E-state index >= 15 is 0 Å². The Morgan fingerprint density at radius 1 is 1.48 bits per heavy atom. The number of esters is 1. The molecule has 1 aromatic carbocycles. The van der Waals surface area contributed by atoms with E-state index in [-0.39, 0.29) is 5.56 Å². The van der Waals surface area contributed by atoms with Gasteiger partial charge in [-0.3, -0.25) is 5.10 Å².